The van der Waals surface area contributed by atoms with E-state index in [-0.39, 0.29) is 11.0 Å². The average molecular weight is 333 g/mol. The molecule has 8 heteroatoms. The van der Waals surface area contributed by atoms with Gasteiger partial charge in [0.15, 0.2) is 0 Å². The van der Waals surface area contributed by atoms with Crippen LogP contribution in [0.5, 0.6) is 5.75 Å². The van der Waals surface area contributed by atoms with Crippen LogP contribution in [0.15, 0.2) is 23.1 Å². The fourth-order valence-electron chi connectivity index (χ4n) is 2.30. The lowest BCUT2D eigenvalue weighted by molar-refractivity contribution is -0.174. The predicted octanol–water partition coefficient (Wildman–Crippen LogP) is 1.42. The van der Waals surface area contributed by atoms with Gasteiger partial charge in [-0.25, -0.2) is 8.42 Å². The summed E-state index contributed by atoms with van der Waals surface area (Å²) in [5.41, 5.74) is 0.494. The second kappa shape index (κ2) is 5.47. The molecule has 3 rings (SSSR count). The largest absolute Gasteiger partial charge is 0.493 e. The summed E-state index contributed by atoms with van der Waals surface area (Å²) in [6.07, 6.45) is 0.217. The summed E-state index contributed by atoms with van der Waals surface area (Å²) in [6.45, 7) is 1.18. The van der Waals surface area contributed by atoms with E-state index in [1.807, 2.05) is 0 Å². The van der Waals surface area contributed by atoms with Gasteiger partial charge in [-0.1, -0.05) is 0 Å². The van der Waals surface area contributed by atoms with Gasteiger partial charge in [-0.05, 0) is 24.6 Å². The van der Waals surface area contributed by atoms with Crippen molar-refractivity contribution in [2.24, 2.45) is 0 Å². The van der Waals surface area contributed by atoms with Crippen LogP contribution in [0.4, 0.5) is 0 Å². The normalized spacial score (nSPS) is 21.9. The fourth-order valence-corrected chi connectivity index (χ4v) is 3.08. The summed E-state index contributed by atoms with van der Waals surface area (Å²) in [6, 6.07) is 4.24. The van der Waals surface area contributed by atoms with E-state index >= 15 is 0 Å². The standard InChI is InChI=1S/C13H13ClO6S/c14-21(16,17)9-1-2-12-11(5-9)10(3-4-19-12)13(15)20-8-6-18-7-8/h1-2,5,8,10H,3-4,6-7H2. The molecule has 0 aromatic heterocycles. The molecular formula is C13H13ClO6S. The molecule has 0 amide bonds. The summed E-state index contributed by atoms with van der Waals surface area (Å²) in [4.78, 5) is 12.2. The second-order valence-electron chi connectivity index (χ2n) is 4.92. The van der Waals surface area contributed by atoms with Crippen LogP contribution >= 0.6 is 10.7 Å². The zero-order valence-corrected chi connectivity index (χ0v) is 12.5. The molecule has 0 N–H and O–H groups in total. The van der Waals surface area contributed by atoms with E-state index < -0.39 is 20.9 Å². The van der Waals surface area contributed by atoms with E-state index in [2.05, 4.69) is 0 Å². The van der Waals surface area contributed by atoms with Gasteiger partial charge in [0, 0.05) is 16.2 Å². The highest BCUT2D eigenvalue weighted by Gasteiger charge is 2.33. The Labute approximate surface area is 126 Å². The Bertz CT molecular complexity index is 667. The van der Waals surface area contributed by atoms with Gasteiger partial charge in [0.1, 0.15) is 11.9 Å². The van der Waals surface area contributed by atoms with Crippen LogP contribution in [0.3, 0.4) is 0 Å². The molecule has 2 aliphatic heterocycles. The quantitative estimate of drug-likeness (QED) is 0.615. The summed E-state index contributed by atoms with van der Waals surface area (Å²) in [5.74, 6) is -0.457. The molecule has 2 heterocycles. The van der Waals surface area contributed by atoms with Crippen molar-refractivity contribution >= 4 is 25.7 Å². The van der Waals surface area contributed by atoms with Crippen molar-refractivity contribution in [2.75, 3.05) is 19.8 Å². The predicted molar refractivity (Wildman–Crippen MR) is 73.0 cm³/mol. The van der Waals surface area contributed by atoms with Crippen molar-refractivity contribution < 1.29 is 27.4 Å². The molecule has 6 nitrogen and oxygen atoms in total. The van der Waals surface area contributed by atoms with Crippen molar-refractivity contribution in [1.29, 1.82) is 0 Å². The molecule has 1 saturated heterocycles. The number of benzene rings is 1. The molecule has 2 aliphatic rings. The lowest BCUT2D eigenvalue weighted by Gasteiger charge is -2.30. The van der Waals surface area contributed by atoms with Crippen molar-refractivity contribution in [3.05, 3.63) is 23.8 Å². The molecule has 0 bridgehead atoms. The minimum Gasteiger partial charge on any atom is -0.493 e. The third kappa shape index (κ3) is 3.00. The Morgan fingerprint density at radius 2 is 2.10 bits per heavy atom. The first-order chi connectivity index (χ1) is 9.95. The number of carbonyl (C=O) groups excluding carboxylic acids is 1. The lowest BCUT2D eigenvalue weighted by Crippen LogP contribution is -2.39. The maximum absolute atomic E-state index is 12.2. The van der Waals surface area contributed by atoms with E-state index in [1.165, 1.54) is 18.2 Å². The van der Waals surface area contributed by atoms with E-state index in [0.717, 1.165) is 0 Å². The van der Waals surface area contributed by atoms with E-state index in [4.69, 9.17) is 24.9 Å². The molecule has 21 heavy (non-hydrogen) atoms. The molecule has 1 atom stereocenters. The summed E-state index contributed by atoms with van der Waals surface area (Å²) in [7, 11) is 1.49. The number of esters is 1. The molecular weight excluding hydrogens is 320 g/mol. The smallest absolute Gasteiger partial charge is 0.314 e. The van der Waals surface area contributed by atoms with Crippen molar-refractivity contribution in [2.45, 2.75) is 23.3 Å². The third-order valence-corrected chi connectivity index (χ3v) is 4.83. The zero-order valence-electron chi connectivity index (χ0n) is 11.0. The van der Waals surface area contributed by atoms with Gasteiger partial charge in [-0.15, -0.1) is 0 Å². The van der Waals surface area contributed by atoms with Crippen LogP contribution in [0, 0.1) is 0 Å². The molecule has 0 saturated carbocycles. The lowest BCUT2D eigenvalue weighted by atomic mass is 9.93. The van der Waals surface area contributed by atoms with E-state index in [0.29, 0.717) is 37.6 Å². The summed E-state index contributed by atoms with van der Waals surface area (Å²) >= 11 is 0. The van der Waals surface area contributed by atoms with Gasteiger partial charge < -0.3 is 14.2 Å². The van der Waals surface area contributed by atoms with E-state index in [9.17, 15) is 13.2 Å². The number of halogens is 1. The third-order valence-electron chi connectivity index (χ3n) is 3.48. The first-order valence-corrected chi connectivity index (χ1v) is 8.76. The zero-order chi connectivity index (χ0) is 15.0. The van der Waals surface area contributed by atoms with Crippen LogP contribution in [-0.4, -0.2) is 40.3 Å². The monoisotopic (exact) mass is 332 g/mol. The number of carbonyl (C=O) groups is 1. The topological polar surface area (TPSA) is 78.9 Å². The van der Waals surface area contributed by atoms with Crippen molar-refractivity contribution in [3.8, 4) is 5.75 Å². The fraction of sp³-hybridized carbons (Fsp3) is 0.462. The average Bonchev–Trinajstić information content (AvgIpc) is 2.40. The number of ether oxygens (including phenoxy) is 3. The Kier molecular flexibility index (Phi) is 3.81. The maximum Gasteiger partial charge on any atom is 0.314 e. The number of fused-ring (bicyclic) bond motifs is 1. The first-order valence-electron chi connectivity index (χ1n) is 6.45. The summed E-state index contributed by atoms with van der Waals surface area (Å²) in [5, 5.41) is 0. The number of rotatable bonds is 3. The Balaban J connectivity index is 1.90. The highest BCUT2D eigenvalue weighted by Crippen LogP contribution is 2.37. The van der Waals surface area contributed by atoms with Crippen LogP contribution in [0.2, 0.25) is 0 Å². The first kappa shape index (κ1) is 14.6. The van der Waals surface area contributed by atoms with Crippen LogP contribution in [0.1, 0.15) is 17.9 Å². The Hall–Kier alpha value is -1.31. The molecule has 0 aliphatic carbocycles. The minimum atomic E-state index is -3.86. The Morgan fingerprint density at radius 1 is 1.33 bits per heavy atom. The summed E-state index contributed by atoms with van der Waals surface area (Å²) < 4.78 is 38.6. The molecule has 1 aromatic carbocycles. The van der Waals surface area contributed by atoms with Crippen LogP contribution < -0.4 is 4.74 Å². The van der Waals surface area contributed by atoms with Gasteiger partial charge in [-0.3, -0.25) is 4.79 Å². The molecule has 1 unspecified atom stereocenters. The molecule has 0 radical (unpaired) electrons. The SMILES string of the molecule is O=C(OC1COC1)C1CCOc2ccc(S(=O)(=O)Cl)cc21. The molecule has 1 fully saturated rings. The van der Waals surface area contributed by atoms with Gasteiger partial charge in [0.05, 0.1) is 30.6 Å². The minimum absolute atomic E-state index is 0.0572. The molecule has 0 spiro atoms. The van der Waals surface area contributed by atoms with Crippen molar-refractivity contribution in [1.82, 2.24) is 0 Å². The second-order valence-corrected chi connectivity index (χ2v) is 7.49. The highest BCUT2D eigenvalue weighted by molar-refractivity contribution is 8.13. The number of hydrogen-bond acceptors (Lipinski definition) is 6. The highest BCUT2D eigenvalue weighted by atomic mass is 35.7. The van der Waals surface area contributed by atoms with Gasteiger partial charge in [-0.2, -0.15) is 0 Å². The van der Waals surface area contributed by atoms with Crippen LogP contribution in [0.25, 0.3) is 0 Å². The Morgan fingerprint density at radius 3 is 2.71 bits per heavy atom. The van der Waals surface area contributed by atoms with Gasteiger partial charge in [0.2, 0.25) is 0 Å². The van der Waals surface area contributed by atoms with Gasteiger partial charge in [0.25, 0.3) is 9.05 Å². The van der Waals surface area contributed by atoms with Crippen molar-refractivity contribution in [3.63, 3.8) is 0 Å². The molecule has 1 aromatic rings. The van der Waals surface area contributed by atoms with Crippen LogP contribution in [-0.2, 0) is 23.3 Å². The molecule has 114 valence electrons. The maximum atomic E-state index is 12.2. The number of hydrogen-bond donors (Lipinski definition) is 0. The van der Waals surface area contributed by atoms with E-state index in [1.54, 1.807) is 0 Å². The van der Waals surface area contributed by atoms with Gasteiger partial charge >= 0.3 is 5.97 Å².